The average molecular weight is 277 g/mol. The molecule has 6 nitrogen and oxygen atoms in total. The Morgan fingerprint density at radius 1 is 1.39 bits per heavy atom. The summed E-state index contributed by atoms with van der Waals surface area (Å²) < 4.78 is 23.8. The third-order valence-electron chi connectivity index (χ3n) is 2.43. The molecule has 0 aliphatic heterocycles. The predicted octanol–water partition coefficient (Wildman–Crippen LogP) is -0.0865. The first-order valence-electron chi connectivity index (χ1n) is 4.98. The van der Waals surface area contributed by atoms with E-state index in [-0.39, 0.29) is 17.3 Å². The lowest BCUT2D eigenvalue weighted by molar-refractivity contribution is -0.138. The van der Waals surface area contributed by atoms with E-state index >= 15 is 0 Å². The topological polar surface area (TPSA) is 121 Å². The van der Waals surface area contributed by atoms with Gasteiger partial charge in [0.25, 0.3) is 0 Å². The second kappa shape index (κ2) is 5.58. The third kappa shape index (κ3) is 3.61. The summed E-state index contributed by atoms with van der Waals surface area (Å²) in [5, 5.41) is 8.34. The van der Waals surface area contributed by atoms with Gasteiger partial charge in [0.15, 0.2) is 0 Å². The minimum Gasteiger partial charge on any atom is -0.480 e. The zero-order chi connectivity index (χ0) is 13.9. The van der Waals surface area contributed by atoms with Gasteiger partial charge in [-0.25, -0.2) is 4.39 Å². The van der Waals surface area contributed by atoms with Crippen LogP contribution in [-0.2, 0) is 22.5 Å². The minimum atomic E-state index is -4.45. The molecule has 0 amide bonds. The van der Waals surface area contributed by atoms with Crippen LogP contribution < -0.4 is 11.0 Å². The smallest absolute Gasteiger partial charge is 0.356 e. The first kappa shape index (κ1) is 14.8. The molecule has 0 saturated carbocycles. The van der Waals surface area contributed by atoms with E-state index in [0.717, 1.165) is 12.1 Å². The number of carboxylic acid groups (broad SMARTS) is 1. The number of halogens is 1. The second-order valence-electron chi connectivity index (χ2n) is 3.78. The van der Waals surface area contributed by atoms with Crippen molar-refractivity contribution in [3.05, 3.63) is 29.3 Å². The zero-order valence-corrected chi connectivity index (χ0v) is 10.2. The molecule has 0 aromatic heterocycles. The van der Waals surface area contributed by atoms with Gasteiger partial charge in [0, 0.05) is 0 Å². The zero-order valence-electron chi connectivity index (χ0n) is 9.28. The van der Waals surface area contributed by atoms with Crippen molar-refractivity contribution in [2.45, 2.75) is 19.1 Å². The van der Waals surface area contributed by atoms with Crippen molar-refractivity contribution in [1.29, 1.82) is 0 Å². The molecule has 0 bridgehead atoms. The first-order chi connectivity index (χ1) is 8.25. The van der Waals surface area contributed by atoms with Crippen molar-refractivity contribution >= 4 is 18.9 Å². The molecule has 0 spiro atoms. The van der Waals surface area contributed by atoms with E-state index in [1.807, 2.05) is 0 Å². The molecule has 0 fully saturated rings. The lowest BCUT2D eigenvalue weighted by Gasteiger charge is -2.12. The Morgan fingerprint density at radius 2 is 2.00 bits per heavy atom. The Labute approximate surface area is 102 Å². The number of nitrogens with two attached hydrogens (primary N) is 1. The number of hydrogen-bond donors (Lipinski definition) is 4. The maximum absolute atomic E-state index is 12.8. The summed E-state index contributed by atoms with van der Waals surface area (Å²) in [6.45, 7) is -0.949. The normalized spacial score (nSPS) is 13.3. The highest BCUT2D eigenvalue weighted by molar-refractivity contribution is 7.60. The third-order valence-corrected chi connectivity index (χ3v) is 3.38. The van der Waals surface area contributed by atoms with Gasteiger partial charge in [-0.15, -0.1) is 0 Å². The monoisotopic (exact) mass is 277 g/mol. The summed E-state index contributed by atoms with van der Waals surface area (Å²) >= 11 is 0. The van der Waals surface area contributed by atoms with Crippen LogP contribution in [0, 0.1) is 0 Å². The van der Waals surface area contributed by atoms with Crippen LogP contribution in [0.1, 0.15) is 11.1 Å². The molecule has 100 valence electrons. The van der Waals surface area contributed by atoms with Crippen LogP contribution in [0.2, 0.25) is 0 Å². The summed E-state index contributed by atoms with van der Waals surface area (Å²) in [4.78, 5) is 28.5. The van der Waals surface area contributed by atoms with Gasteiger partial charge in [0.05, 0.1) is 5.30 Å². The van der Waals surface area contributed by atoms with Crippen LogP contribution >= 0.6 is 7.60 Å². The molecule has 1 atom stereocenters. The molecule has 0 heterocycles. The summed E-state index contributed by atoms with van der Waals surface area (Å²) in [7, 11) is -4.45. The quantitative estimate of drug-likeness (QED) is 0.558. The van der Waals surface area contributed by atoms with Gasteiger partial charge >= 0.3 is 13.6 Å². The Bertz CT molecular complexity index is 501. The standard InChI is InChI=1S/C10H13FNO5P/c11-5-7-3-8(18(15,16)17)2-1-6(7)4-9(12)10(13)14/h1-3,9H,4-5,12H2,(H,13,14)(H2,15,16,17). The highest BCUT2D eigenvalue weighted by Crippen LogP contribution is 2.33. The van der Waals surface area contributed by atoms with Gasteiger partial charge in [-0.3, -0.25) is 9.36 Å². The van der Waals surface area contributed by atoms with Gasteiger partial charge < -0.3 is 20.6 Å². The number of aliphatic carboxylic acids is 1. The molecule has 0 saturated heterocycles. The molecule has 1 aromatic carbocycles. The SMILES string of the molecule is NC(Cc1ccc(P(=O)(O)O)cc1CF)C(=O)O. The number of alkyl halides is 1. The van der Waals surface area contributed by atoms with Crippen molar-refractivity contribution in [2.75, 3.05) is 0 Å². The van der Waals surface area contributed by atoms with Crippen LogP contribution in [0.5, 0.6) is 0 Å². The van der Waals surface area contributed by atoms with E-state index in [2.05, 4.69) is 0 Å². The van der Waals surface area contributed by atoms with E-state index < -0.39 is 26.3 Å². The Morgan fingerprint density at radius 3 is 2.44 bits per heavy atom. The van der Waals surface area contributed by atoms with Gasteiger partial charge in [-0.1, -0.05) is 6.07 Å². The molecule has 0 radical (unpaired) electrons. The van der Waals surface area contributed by atoms with Crippen LogP contribution in [-0.4, -0.2) is 26.9 Å². The van der Waals surface area contributed by atoms with Gasteiger partial charge in [-0.05, 0) is 29.7 Å². The van der Waals surface area contributed by atoms with Crippen LogP contribution in [0.3, 0.4) is 0 Å². The molecular weight excluding hydrogens is 264 g/mol. The fourth-order valence-corrected chi connectivity index (χ4v) is 2.03. The van der Waals surface area contributed by atoms with Crippen LogP contribution in [0.15, 0.2) is 18.2 Å². The summed E-state index contributed by atoms with van der Waals surface area (Å²) in [6.07, 6.45) is -0.101. The maximum atomic E-state index is 12.8. The highest BCUT2D eigenvalue weighted by atomic mass is 31.2. The Balaban J connectivity index is 3.08. The molecular formula is C10H13FNO5P. The van der Waals surface area contributed by atoms with Gasteiger partial charge in [0.1, 0.15) is 12.7 Å². The maximum Gasteiger partial charge on any atom is 0.356 e. The van der Waals surface area contributed by atoms with E-state index in [9.17, 15) is 13.8 Å². The van der Waals surface area contributed by atoms with Crippen LogP contribution in [0.25, 0.3) is 0 Å². The molecule has 18 heavy (non-hydrogen) atoms. The fraction of sp³-hybridized carbons (Fsp3) is 0.300. The van der Waals surface area contributed by atoms with E-state index in [1.165, 1.54) is 6.07 Å². The number of rotatable bonds is 5. The van der Waals surface area contributed by atoms with Gasteiger partial charge in [-0.2, -0.15) is 0 Å². The Kier molecular flexibility index (Phi) is 4.59. The van der Waals surface area contributed by atoms with Crippen molar-refractivity contribution in [1.82, 2.24) is 0 Å². The summed E-state index contributed by atoms with van der Waals surface area (Å²) in [5.41, 5.74) is 5.68. The van der Waals surface area contributed by atoms with Crippen molar-refractivity contribution in [2.24, 2.45) is 5.73 Å². The largest absolute Gasteiger partial charge is 0.480 e. The number of carboxylic acids is 1. The molecule has 0 aliphatic rings. The summed E-state index contributed by atoms with van der Waals surface area (Å²) in [5.74, 6) is -1.22. The lowest BCUT2D eigenvalue weighted by atomic mass is 10.0. The number of carbonyl (C=O) groups is 1. The lowest BCUT2D eigenvalue weighted by Crippen LogP contribution is -2.32. The number of hydrogen-bond acceptors (Lipinski definition) is 3. The predicted molar refractivity (Wildman–Crippen MR) is 62.2 cm³/mol. The molecule has 1 aromatic rings. The number of benzene rings is 1. The van der Waals surface area contributed by atoms with E-state index in [1.54, 1.807) is 0 Å². The van der Waals surface area contributed by atoms with Crippen molar-refractivity contribution < 1.29 is 28.6 Å². The van der Waals surface area contributed by atoms with Crippen LogP contribution in [0.4, 0.5) is 4.39 Å². The Hall–Kier alpha value is -1.27. The van der Waals surface area contributed by atoms with E-state index in [4.69, 9.17) is 20.6 Å². The summed E-state index contributed by atoms with van der Waals surface area (Å²) in [6, 6.07) is 2.27. The molecule has 5 N–H and O–H groups in total. The van der Waals surface area contributed by atoms with Gasteiger partial charge in [0.2, 0.25) is 0 Å². The van der Waals surface area contributed by atoms with Crippen molar-refractivity contribution in [3.8, 4) is 0 Å². The van der Waals surface area contributed by atoms with Crippen molar-refractivity contribution in [3.63, 3.8) is 0 Å². The fourth-order valence-electron chi connectivity index (χ4n) is 1.44. The minimum absolute atomic E-state index is 0.0347. The first-order valence-corrected chi connectivity index (χ1v) is 6.59. The molecule has 8 heteroatoms. The second-order valence-corrected chi connectivity index (χ2v) is 5.38. The highest BCUT2D eigenvalue weighted by Gasteiger charge is 2.20. The molecule has 0 aliphatic carbocycles. The molecule has 1 rings (SSSR count). The van der Waals surface area contributed by atoms with E-state index in [0.29, 0.717) is 5.56 Å². The average Bonchev–Trinajstić information content (AvgIpc) is 2.27. The molecule has 1 unspecified atom stereocenters.